The largest absolute Gasteiger partial charge is 0.383 e. The molecule has 2 aromatic carbocycles. The van der Waals surface area contributed by atoms with E-state index in [-0.39, 0.29) is 5.56 Å². The molecule has 0 saturated heterocycles. The van der Waals surface area contributed by atoms with E-state index < -0.39 is 0 Å². The summed E-state index contributed by atoms with van der Waals surface area (Å²) in [5, 5.41) is 0.473. The standard InChI is InChI=1S/C23H21N5O2/c1-14-10-15(2)12-16(11-14)28-21-19(23(29)27(13-24-21)8-9-30-3)20-22(28)26-18-7-5-4-6-17(18)25-20/h4-7,10-13H,8-9H2,1-3H3. The summed E-state index contributed by atoms with van der Waals surface area (Å²) in [6.45, 7) is 4.96. The van der Waals surface area contributed by atoms with Crippen LogP contribution in [-0.2, 0) is 11.3 Å². The highest BCUT2D eigenvalue weighted by molar-refractivity contribution is 6.05. The molecule has 0 aliphatic heterocycles. The number of ether oxygens (including phenoxy) is 1. The monoisotopic (exact) mass is 399 g/mol. The van der Waals surface area contributed by atoms with Gasteiger partial charge in [-0.25, -0.2) is 15.0 Å². The van der Waals surface area contributed by atoms with Gasteiger partial charge in [0, 0.05) is 12.8 Å². The number of methoxy groups -OCH3 is 1. The molecule has 5 aromatic rings. The van der Waals surface area contributed by atoms with Crippen LogP contribution < -0.4 is 5.56 Å². The normalized spacial score (nSPS) is 11.7. The second-order valence-electron chi connectivity index (χ2n) is 7.50. The van der Waals surface area contributed by atoms with Crippen molar-refractivity contribution in [3.8, 4) is 5.69 Å². The summed E-state index contributed by atoms with van der Waals surface area (Å²) in [5.74, 6) is 0. The van der Waals surface area contributed by atoms with E-state index in [1.807, 2.05) is 28.8 Å². The van der Waals surface area contributed by atoms with Crippen LogP contribution in [0.25, 0.3) is 38.9 Å². The second kappa shape index (κ2) is 7.03. The molecule has 3 heterocycles. The summed E-state index contributed by atoms with van der Waals surface area (Å²) in [7, 11) is 1.61. The first-order valence-electron chi connectivity index (χ1n) is 9.81. The van der Waals surface area contributed by atoms with Crippen molar-refractivity contribution < 1.29 is 4.74 Å². The Morgan fingerprint density at radius 3 is 2.37 bits per heavy atom. The Bertz CT molecular complexity index is 1460. The number of nitrogens with zero attached hydrogens (tertiary/aromatic N) is 5. The summed E-state index contributed by atoms with van der Waals surface area (Å²) < 4.78 is 8.64. The Morgan fingerprint density at radius 2 is 1.67 bits per heavy atom. The van der Waals surface area contributed by atoms with E-state index in [1.54, 1.807) is 18.0 Å². The molecule has 0 saturated carbocycles. The molecule has 0 atom stereocenters. The van der Waals surface area contributed by atoms with E-state index in [2.05, 4.69) is 37.0 Å². The number of rotatable bonds is 4. The molecular weight excluding hydrogens is 378 g/mol. The van der Waals surface area contributed by atoms with Gasteiger partial charge in [-0.1, -0.05) is 18.2 Å². The number of benzene rings is 2. The van der Waals surface area contributed by atoms with Crippen LogP contribution in [0.5, 0.6) is 0 Å². The maximum atomic E-state index is 13.3. The quantitative estimate of drug-likeness (QED) is 0.462. The molecule has 0 radical (unpaired) electrons. The van der Waals surface area contributed by atoms with E-state index in [1.165, 1.54) is 0 Å². The Hall–Kier alpha value is -3.58. The van der Waals surface area contributed by atoms with E-state index >= 15 is 0 Å². The van der Waals surface area contributed by atoms with Gasteiger partial charge in [0.05, 0.1) is 24.2 Å². The zero-order chi connectivity index (χ0) is 20.8. The molecule has 0 bridgehead atoms. The van der Waals surface area contributed by atoms with E-state index in [4.69, 9.17) is 14.7 Å². The van der Waals surface area contributed by atoms with Gasteiger partial charge in [0.2, 0.25) is 0 Å². The van der Waals surface area contributed by atoms with Crippen LogP contribution in [0.1, 0.15) is 11.1 Å². The van der Waals surface area contributed by atoms with Gasteiger partial charge < -0.3 is 4.74 Å². The van der Waals surface area contributed by atoms with Crippen LogP contribution in [0.15, 0.2) is 53.6 Å². The highest BCUT2D eigenvalue weighted by atomic mass is 16.5. The van der Waals surface area contributed by atoms with E-state index in [9.17, 15) is 4.79 Å². The van der Waals surface area contributed by atoms with Gasteiger partial charge in [0.15, 0.2) is 11.3 Å². The van der Waals surface area contributed by atoms with Crippen molar-refractivity contribution in [2.24, 2.45) is 0 Å². The maximum absolute atomic E-state index is 13.3. The van der Waals surface area contributed by atoms with E-state index in [0.29, 0.717) is 35.3 Å². The molecule has 0 amide bonds. The molecule has 5 rings (SSSR count). The third-order valence-electron chi connectivity index (χ3n) is 5.23. The molecular formula is C23H21N5O2. The lowest BCUT2D eigenvalue weighted by molar-refractivity contribution is 0.186. The van der Waals surface area contributed by atoms with Gasteiger partial charge in [0.25, 0.3) is 5.56 Å². The second-order valence-corrected chi connectivity index (χ2v) is 7.50. The number of para-hydroxylation sites is 2. The Kier molecular flexibility index (Phi) is 4.33. The molecule has 3 aromatic heterocycles. The molecule has 7 nitrogen and oxygen atoms in total. The zero-order valence-corrected chi connectivity index (χ0v) is 17.1. The molecule has 150 valence electrons. The van der Waals surface area contributed by atoms with Crippen LogP contribution in [0.2, 0.25) is 0 Å². The van der Waals surface area contributed by atoms with Crippen molar-refractivity contribution in [3.63, 3.8) is 0 Å². The lowest BCUT2D eigenvalue weighted by atomic mass is 10.1. The first-order chi connectivity index (χ1) is 14.6. The smallest absolute Gasteiger partial charge is 0.265 e. The average Bonchev–Trinajstić information content (AvgIpc) is 3.04. The van der Waals surface area contributed by atoms with Crippen molar-refractivity contribution in [2.75, 3.05) is 13.7 Å². The summed E-state index contributed by atoms with van der Waals surface area (Å²) in [4.78, 5) is 27.7. The molecule has 0 aliphatic carbocycles. The van der Waals surface area contributed by atoms with Crippen molar-refractivity contribution in [1.29, 1.82) is 0 Å². The molecule has 7 heteroatoms. The first-order valence-corrected chi connectivity index (χ1v) is 9.81. The van der Waals surface area contributed by atoms with Gasteiger partial charge in [0.1, 0.15) is 17.2 Å². The molecule has 30 heavy (non-hydrogen) atoms. The number of aromatic nitrogens is 5. The van der Waals surface area contributed by atoms with Crippen molar-refractivity contribution in [1.82, 2.24) is 24.1 Å². The van der Waals surface area contributed by atoms with Gasteiger partial charge >= 0.3 is 0 Å². The third-order valence-corrected chi connectivity index (χ3v) is 5.23. The van der Waals surface area contributed by atoms with Gasteiger partial charge in [-0.2, -0.15) is 0 Å². The summed E-state index contributed by atoms with van der Waals surface area (Å²) in [6, 6.07) is 13.9. The third kappa shape index (κ3) is 2.86. The Labute approximate surface area is 172 Å². The Morgan fingerprint density at radius 1 is 0.967 bits per heavy atom. The number of fused-ring (bicyclic) bond motifs is 4. The fraction of sp³-hybridized carbons (Fsp3) is 0.217. The van der Waals surface area contributed by atoms with Gasteiger partial charge in [-0.15, -0.1) is 0 Å². The van der Waals surface area contributed by atoms with Crippen LogP contribution in [-0.4, -0.2) is 37.8 Å². The maximum Gasteiger partial charge on any atom is 0.265 e. The topological polar surface area (TPSA) is 74.8 Å². The van der Waals surface area contributed by atoms with E-state index in [0.717, 1.165) is 27.8 Å². The summed E-state index contributed by atoms with van der Waals surface area (Å²) in [6.07, 6.45) is 1.57. The van der Waals surface area contributed by atoms with Crippen molar-refractivity contribution >= 4 is 33.2 Å². The molecule has 0 fully saturated rings. The van der Waals surface area contributed by atoms with Crippen LogP contribution in [0, 0.1) is 13.8 Å². The van der Waals surface area contributed by atoms with Crippen LogP contribution >= 0.6 is 0 Å². The Balaban J connectivity index is 1.95. The minimum Gasteiger partial charge on any atom is -0.383 e. The predicted octanol–water partition coefficient (Wildman–Crippen LogP) is 3.55. The molecule has 0 aliphatic rings. The average molecular weight is 399 g/mol. The van der Waals surface area contributed by atoms with Crippen molar-refractivity contribution in [3.05, 3.63) is 70.3 Å². The number of hydrogen-bond acceptors (Lipinski definition) is 5. The fourth-order valence-corrected chi connectivity index (χ4v) is 3.95. The SMILES string of the molecule is COCCn1cnc2c(c1=O)c1nc3ccccc3nc1n2-c1cc(C)cc(C)c1. The van der Waals surface area contributed by atoms with Crippen LogP contribution in [0.3, 0.4) is 0 Å². The lowest BCUT2D eigenvalue weighted by Crippen LogP contribution is -2.22. The predicted molar refractivity (Wildman–Crippen MR) is 117 cm³/mol. The minimum absolute atomic E-state index is 0.144. The molecule has 0 N–H and O–H groups in total. The van der Waals surface area contributed by atoms with Gasteiger partial charge in [-0.3, -0.25) is 13.9 Å². The highest BCUT2D eigenvalue weighted by Gasteiger charge is 2.21. The molecule has 0 unspecified atom stereocenters. The van der Waals surface area contributed by atoms with Crippen molar-refractivity contribution in [2.45, 2.75) is 20.4 Å². The lowest BCUT2D eigenvalue weighted by Gasteiger charge is -2.09. The zero-order valence-electron chi connectivity index (χ0n) is 17.1. The summed E-state index contributed by atoms with van der Waals surface area (Å²) >= 11 is 0. The number of aryl methyl sites for hydroxylation is 2. The fourth-order valence-electron chi connectivity index (χ4n) is 3.95. The van der Waals surface area contributed by atoms with Crippen LogP contribution in [0.4, 0.5) is 0 Å². The number of hydrogen-bond donors (Lipinski definition) is 0. The van der Waals surface area contributed by atoms with Gasteiger partial charge in [-0.05, 0) is 49.2 Å². The first kappa shape index (κ1) is 18.4. The molecule has 0 spiro atoms. The minimum atomic E-state index is -0.144. The highest BCUT2D eigenvalue weighted by Crippen LogP contribution is 2.29. The summed E-state index contributed by atoms with van der Waals surface area (Å²) in [5.41, 5.74) is 6.30.